The van der Waals surface area contributed by atoms with E-state index in [1.807, 2.05) is 24.3 Å². The van der Waals surface area contributed by atoms with Crippen LogP contribution in [0.1, 0.15) is 15.9 Å². The van der Waals surface area contributed by atoms with Crippen molar-refractivity contribution in [1.82, 2.24) is 10.6 Å². The molecule has 0 saturated carbocycles. The van der Waals surface area contributed by atoms with Crippen LogP contribution >= 0.6 is 0 Å². The maximum atomic E-state index is 12.6. The zero-order valence-electron chi connectivity index (χ0n) is 15.7. The number of benzene rings is 2. The molecule has 3 amide bonds. The van der Waals surface area contributed by atoms with E-state index < -0.39 is 0 Å². The average molecular weight is 381 g/mol. The van der Waals surface area contributed by atoms with Crippen LogP contribution in [0, 0.1) is 5.92 Å². The number of hydrogen-bond acceptors (Lipinski definition) is 4. The lowest BCUT2D eigenvalue weighted by Gasteiger charge is -2.26. The van der Waals surface area contributed by atoms with E-state index >= 15 is 0 Å². The lowest BCUT2D eigenvalue weighted by Crippen LogP contribution is -2.35. The topological polar surface area (TPSA) is 79.9 Å². The summed E-state index contributed by atoms with van der Waals surface area (Å²) >= 11 is 0. The van der Waals surface area contributed by atoms with Crippen LogP contribution in [0.3, 0.4) is 0 Å². The van der Waals surface area contributed by atoms with Crippen LogP contribution < -0.4 is 25.0 Å². The van der Waals surface area contributed by atoms with E-state index in [4.69, 9.17) is 9.47 Å². The molecule has 2 aromatic carbocycles. The third kappa shape index (κ3) is 3.60. The summed E-state index contributed by atoms with van der Waals surface area (Å²) in [6, 6.07) is 12.9. The number of hydrogen-bond donors (Lipinski definition) is 2. The Hall–Kier alpha value is -3.22. The number of methoxy groups -OCH3 is 1. The van der Waals surface area contributed by atoms with Crippen LogP contribution in [0.25, 0.3) is 0 Å². The minimum absolute atomic E-state index is 0.133. The second-order valence-electron chi connectivity index (χ2n) is 6.97. The minimum Gasteiger partial charge on any atom is -0.493 e. The van der Waals surface area contributed by atoms with Gasteiger partial charge in [0.25, 0.3) is 5.91 Å². The van der Waals surface area contributed by atoms with Gasteiger partial charge in [-0.15, -0.1) is 0 Å². The van der Waals surface area contributed by atoms with E-state index in [2.05, 4.69) is 10.6 Å². The van der Waals surface area contributed by atoms with Gasteiger partial charge in [-0.1, -0.05) is 18.2 Å². The van der Waals surface area contributed by atoms with Gasteiger partial charge in [-0.3, -0.25) is 9.69 Å². The summed E-state index contributed by atoms with van der Waals surface area (Å²) in [5.41, 5.74) is 2.35. The summed E-state index contributed by atoms with van der Waals surface area (Å²) in [5.74, 6) is 1.57. The molecule has 1 fully saturated rings. The highest BCUT2D eigenvalue weighted by Crippen LogP contribution is 2.35. The van der Waals surface area contributed by atoms with Crippen molar-refractivity contribution in [3.8, 4) is 11.5 Å². The highest BCUT2D eigenvalue weighted by molar-refractivity contribution is 5.98. The lowest BCUT2D eigenvalue weighted by atomic mass is 9.96. The SMILES string of the molecule is COc1cccc2c1OC[C@@H](CNC(=O)c1cccc(N3CCNC3=O)c1)C2. The van der Waals surface area contributed by atoms with Gasteiger partial charge in [0.1, 0.15) is 0 Å². The molecule has 0 spiro atoms. The van der Waals surface area contributed by atoms with Crippen LogP contribution in [-0.4, -0.2) is 45.3 Å². The Morgan fingerprint density at radius 3 is 2.96 bits per heavy atom. The molecule has 2 N–H and O–H groups in total. The van der Waals surface area contributed by atoms with Crippen LogP contribution in [0.5, 0.6) is 11.5 Å². The van der Waals surface area contributed by atoms with Gasteiger partial charge in [0.05, 0.1) is 13.7 Å². The van der Waals surface area contributed by atoms with E-state index in [0.29, 0.717) is 31.8 Å². The Labute approximate surface area is 163 Å². The fraction of sp³-hybridized carbons (Fsp3) is 0.333. The summed E-state index contributed by atoms with van der Waals surface area (Å²) in [7, 11) is 1.63. The van der Waals surface area contributed by atoms with Gasteiger partial charge in [0, 0.05) is 36.8 Å². The van der Waals surface area contributed by atoms with E-state index in [0.717, 1.165) is 29.2 Å². The third-order valence-corrected chi connectivity index (χ3v) is 5.08. The molecule has 1 atom stereocenters. The van der Waals surface area contributed by atoms with Gasteiger partial charge in [0.2, 0.25) is 0 Å². The first-order valence-corrected chi connectivity index (χ1v) is 9.38. The zero-order chi connectivity index (χ0) is 19.5. The largest absolute Gasteiger partial charge is 0.493 e. The van der Waals surface area contributed by atoms with Crippen LogP contribution in [0.4, 0.5) is 10.5 Å². The maximum Gasteiger partial charge on any atom is 0.321 e. The first kappa shape index (κ1) is 18.2. The molecule has 2 heterocycles. The second kappa shape index (κ2) is 7.80. The number of para-hydroxylation sites is 1. The minimum atomic E-state index is -0.155. The van der Waals surface area contributed by atoms with Crippen molar-refractivity contribution in [3.05, 3.63) is 53.6 Å². The molecule has 146 valence electrons. The van der Waals surface area contributed by atoms with Gasteiger partial charge >= 0.3 is 6.03 Å². The Morgan fingerprint density at radius 2 is 2.18 bits per heavy atom. The molecule has 7 heteroatoms. The molecule has 0 bridgehead atoms. The predicted molar refractivity (Wildman–Crippen MR) is 105 cm³/mol. The summed E-state index contributed by atoms with van der Waals surface area (Å²) < 4.78 is 11.2. The molecule has 2 aliphatic rings. The van der Waals surface area contributed by atoms with Gasteiger partial charge < -0.3 is 20.1 Å². The smallest absolute Gasteiger partial charge is 0.321 e. The van der Waals surface area contributed by atoms with Gasteiger partial charge in [-0.2, -0.15) is 0 Å². The quantitative estimate of drug-likeness (QED) is 0.832. The molecule has 1 saturated heterocycles. The lowest BCUT2D eigenvalue weighted by molar-refractivity contribution is 0.0938. The summed E-state index contributed by atoms with van der Waals surface area (Å²) in [6.45, 7) is 2.26. The highest BCUT2D eigenvalue weighted by atomic mass is 16.5. The number of ether oxygens (including phenoxy) is 2. The number of nitrogens with zero attached hydrogens (tertiary/aromatic N) is 1. The maximum absolute atomic E-state index is 12.6. The predicted octanol–water partition coefficient (Wildman–Crippen LogP) is 2.21. The Bertz CT molecular complexity index is 899. The molecule has 7 nitrogen and oxygen atoms in total. The van der Waals surface area contributed by atoms with E-state index in [1.165, 1.54) is 0 Å². The van der Waals surface area contributed by atoms with Crippen molar-refractivity contribution >= 4 is 17.6 Å². The van der Waals surface area contributed by atoms with Gasteiger partial charge in [-0.25, -0.2) is 4.79 Å². The number of anilines is 1. The normalized spacial score (nSPS) is 18.1. The Kier molecular flexibility index (Phi) is 5.06. The standard InChI is InChI=1S/C21H23N3O4/c1-27-18-7-3-4-15-10-14(13-28-19(15)18)12-23-20(25)16-5-2-6-17(11-16)24-9-8-22-21(24)26/h2-7,11,14H,8-10,12-13H2,1H3,(H,22,26)(H,23,25)/t14-/m1/s1. The van der Waals surface area contributed by atoms with Crippen molar-refractivity contribution in [1.29, 1.82) is 0 Å². The molecule has 0 aromatic heterocycles. The second-order valence-corrected chi connectivity index (χ2v) is 6.97. The van der Waals surface area contributed by atoms with Crippen molar-refractivity contribution < 1.29 is 19.1 Å². The van der Waals surface area contributed by atoms with Crippen LogP contribution in [0.15, 0.2) is 42.5 Å². The summed E-state index contributed by atoms with van der Waals surface area (Å²) in [5, 5.41) is 5.75. The zero-order valence-corrected chi connectivity index (χ0v) is 15.7. The fourth-order valence-electron chi connectivity index (χ4n) is 3.62. The fourth-order valence-corrected chi connectivity index (χ4v) is 3.62. The van der Waals surface area contributed by atoms with Gasteiger partial charge in [0.15, 0.2) is 11.5 Å². The van der Waals surface area contributed by atoms with Crippen LogP contribution in [-0.2, 0) is 6.42 Å². The number of fused-ring (bicyclic) bond motifs is 1. The number of rotatable bonds is 5. The van der Waals surface area contributed by atoms with Crippen molar-refractivity contribution in [2.45, 2.75) is 6.42 Å². The number of nitrogens with one attached hydrogen (secondary N) is 2. The summed E-state index contributed by atoms with van der Waals surface area (Å²) in [6.07, 6.45) is 0.820. The highest BCUT2D eigenvalue weighted by Gasteiger charge is 2.24. The number of urea groups is 1. The number of carbonyl (C=O) groups excluding carboxylic acids is 2. The third-order valence-electron chi connectivity index (χ3n) is 5.08. The van der Waals surface area contributed by atoms with Gasteiger partial charge in [-0.05, 0) is 36.2 Å². The number of amides is 3. The van der Waals surface area contributed by atoms with Crippen molar-refractivity contribution in [2.24, 2.45) is 5.92 Å². The van der Waals surface area contributed by atoms with E-state index in [1.54, 1.807) is 30.2 Å². The Balaban J connectivity index is 1.38. The monoisotopic (exact) mass is 381 g/mol. The van der Waals surface area contributed by atoms with Crippen molar-refractivity contribution in [2.75, 3.05) is 38.3 Å². The summed E-state index contributed by atoms with van der Waals surface area (Å²) in [4.78, 5) is 26.1. The van der Waals surface area contributed by atoms with Crippen molar-refractivity contribution in [3.63, 3.8) is 0 Å². The molecule has 2 aliphatic heterocycles. The Morgan fingerprint density at radius 1 is 1.32 bits per heavy atom. The molecule has 28 heavy (non-hydrogen) atoms. The first-order chi connectivity index (χ1) is 13.7. The van der Waals surface area contributed by atoms with Crippen LogP contribution in [0.2, 0.25) is 0 Å². The molecule has 0 aliphatic carbocycles. The number of carbonyl (C=O) groups is 2. The molecular weight excluding hydrogens is 358 g/mol. The van der Waals surface area contributed by atoms with E-state index in [-0.39, 0.29) is 17.9 Å². The molecule has 2 aromatic rings. The molecule has 4 rings (SSSR count). The van der Waals surface area contributed by atoms with E-state index in [9.17, 15) is 9.59 Å². The molecule has 0 unspecified atom stereocenters. The average Bonchev–Trinajstić information content (AvgIpc) is 3.17. The molecular formula is C21H23N3O4. The first-order valence-electron chi connectivity index (χ1n) is 9.38. The molecule has 0 radical (unpaired) electrons.